The number of thiophene rings is 1. The van der Waals surface area contributed by atoms with Crippen molar-refractivity contribution < 1.29 is 13.2 Å². The maximum atomic E-state index is 13.1. The fraction of sp³-hybridized carbons (Fsp3) is 0.500. The van der Waals surface area contributed by atoms with Crippen molar-refractivity contribution in [1.82, 2.24) is 5.32 Å². The van der Waals surface area contributed by atoms with Gasteiger partial charge in [-0.25, -0.2) is 8.42 Å². The first-order valence-electron chi connectivity index (χ1n) is 9.28. The highest BCUT2D eigenvalue weighted by molar-refractivity contribution is 7.93. The van der Waals surface area contributed by atoms with Crippen molar-refractivity contribution >= 4 is 50.4 Å². The Hall–Kier alpha value is -1.91. The first-order chi connectivity index (χ1) is 13.7. The van der Waals surface area contributed by atoms with E-state index in [1.54, 1.807) is 13.2 Å². The molecule has 1 spiro atoms. The van der Waals surface area contributed by atoms with Gasteiger partial charge < -0.3 is 16.8 Å². The Morgan fingerprint density at radius 1 is 1.41 bits per heavy atom. The van der Waals surface area contributed by atoms with Crippen molar-refractivity contribution in [3.8, 4) is 0 Å². The molecule has 0 bridgehead atoms. The Morgan fingerprint density at radius 3 is 2.72 bits per heavy atom. The molecular formula is C18H24ClN5O3S2. The summed E-state index contributed by atoms with van der Waals surface area (Å²) in [5.74, 6) is -0.527. The van der Waals surface area contributed by atoms with E-state index in [1.165, 1.54) is 12.1 Å². The number of nitrogens with one attached hydrogen (secondary N) is 1. The number of rotatable bonds is 4. The van der Waals surface area contributed by atoms with E-state index in [1.807, 2.05) is 0 Å². The fourth-order valence-corrected chi connectivity index (χ4v) is 7.52. The van der Waals surface area contributed by atoms with Gasteiger partial charge in [0.05, 0.1) is 15.7 Å². The molecule has 0 aromatic carbocycles. The topological polar surface area (TPSA) is 140 Å². The summed E-state index contributed by atoms with van der Waals surface area (Å²) in [6.45, 7) is 0. The number of amides is 1. The number of hydrogen-bond donors (Lipinski definition) is 3. The lowest BCUT2D eigenvalue weighted by molar-refractivity contribution is 0.101. The second kappa shape index (κ2) is 8.45. The van der Waals surface area contributed by atoms with E-state index in [4.69, 9.17) is 23.1 Å². The quantitative estimate of drug-likeness (QED) is 0.467. The molecule has 0 radical (unpaired) electrons. The Bertz CT molecular complexity index is 991. The minimum Gasteiger partial charge on any atom is -0.394 e. The molecule has 1 saturated carbocycles. The average Bonchev–Trinajstić information content (AvgIpc) is 3.07. The number of carbonyl (C=O) groups excluding carboxylic acids is 1. The van der Waals surface area contributed by atoms with Crippen LogP contribution in [0.5, 0.6) is 0 Å². The van der Waals surface area contributed by atoms with Crippen LogP contribution in [-0.4, -0.2) is 43.5 Å². The minimum atomic E-state index is -3.51. The van der Waals surface area contributed by atoms with Crippen LogP contribution in [0.15, 0.2) is 28.3 Å². The fourth-order valence-electron chi connectivity index (χ4n) is 3.77. The second-order valence-electron chi connectivity index (χ2n) is 7.15. The van der Waals surface area contributed by atoms with Crippen LogP contribution >= 0.6 is 22.9 Å². The van der Waals surface area contributed by atoms with Crippen LogP contribution in [0.4, 0.5) is 0 Å². The Labute approximate surface area is 179 Å². The summed E-state index contributed by atoms with van der Waals surface area (Å²) >= 11 is 7.38. The van der Waals surface area contributed by atoms with Crippen molar-refractivity contribution in [2.24, 2.45) is 21.5 Å². The Kier molecular flexibility index (Phi) is 6.35. The normalized spacial score (nSPS) is 23.9. The summed E-state index contributed by atoms with van der Waals surface area (Å²) in [5, 5.41) is 3.02. The van der Waals surface area contributed by atoms with E-state index in [2.05, 4.69) is 15.3 Å². The molecule has 1 atom stereocenters. The van der Waals surface area contributed by atoms with Gasteiger partial charge in [-0.3, -0.25) is 9.79 Å². The molecule has 1 fully saturated rings. The van der Waals surface area contributed by atoms with Crippen LogP contribution in [0.1, 0.15) is 52.7 Å². The van der Waals surface area contributed by atoms with Gasteiger partial charge in [0.2, 0.25) is 0 Å². The molecule has 1 aliphatic heterocycles. The van der Waals surface area contributed by atoms with Gasteiger partial charge in [0.25, 0.3) is 5.91 Å². The summed E-state index contributed by atoms with van der Waals surface area (Å²) in [6.07, 6.45) is 6.66. The molecule has 11 heteroatoms. The number of nitrogens with zero attached hydrogens (tertiary/aromatic N) is 2. The van der Waals surface area contributed by atoms with E-state index in [0.29, 0.717) is 17.7 Å². The molecule has 29 heavy (non-hydrogen) atoms. The molecule has 0 unspecified atom stereocenters. The van der Waals surface area contributed by atoms with Crippen LogP contribution in [0, 0.1) is 0 Å². The lowest BCUT2D eigenvalue weighted by Crippen LogP contribution is -2.55. The molecule has 5 N–H and O–H groups in total. The largest absolute Gasteiger partial charge is 0.394 e. The lowest BCUT2D eigenvalue weighted by Gasteiger charge is -2.40. The van der Waals surface area contributed by atoms with Crippen molar-refractivity contribution in [1.29, 1.82) is 0 Å². The summed E-state index contributed by atoms with van der Waals surface area (Å²) < 4.78 is 25.2. The number of hydrogen-bond acceptors (Lipinski definition) is 7. The number of amidine groups is 2. The first-order valence-corrected chi connectivity index (χ1v) is 12.1. The van der Waals surface area contributed by atoms with Gasteiger partial charge in [0, 0.05) is 11.9 Å². The zero-order valence-corrected chi connectivity index (χ0v) is 18.4. The molecule has 1 aromatic heterocycles. The highest BCUT2D eigenvalue weighted by Crippen LogP contribution is 2.44. The van der Waals surface area contributed by atoms with E-state index in [-0.39, 0.29) is 27.3 Å². The predicted molar refractivity (Wildman–Crippen MR) is 117 cm³/mol. The molecule has 1 amide bonds. The van der Waals surface area contributed by atoms with E-state index < -0.39 is 26.5 Å². The number of aliphatic imine (C=N–C) groups is 2. The summed E-state index contributed by atoms with van der Waals surface area (Å²) in [5.41, 5.74) is 11.9. The molecule has 3 rings (SSSR count). The molecule has 0 saturated heterocycles. The van der Waals surface area contributed by atoms with Gasteiger partial charge in [-0.1, -0.05) is 30.9 Å². The van der Waals surface area contributed by atoms with E-state index in [9.17, 15) is 13.2 Å². The standard InChI is InChI=1S/C18H24ClN5O3S2/c1-22-8-5-14(20)24-16(25)13-9-11(19)15(28-13)12-10-29(26,27)18(17(21)23-12)6-3-2-4-7-18/h5,8-9,12,22H,2-4,6-7,10H2,1H3,(H2,21,23)(H2,20,24,25)/b8-5-/t12-/m0/s1. The van der Waals surface area contributed by atoms with Gasteiger partial charge in [-0.05, 0) is 31.2 Å². The Morgan fingerprint density at radius 2 is 2.10 bits per heavy atom. The third-order valence-corrected chi connectivity index (χ3v) is 9.49. The van der Waals surface area contributed by atoms with Crippen LogP contribution in [0.25, 0.3) is 0 Å². The van der Waals surface area contributed by atoms with E-state index >= 15 is 0 Å². The summed E-state index contributed by atoms with van der Waals surface area (Å²) in [4.78, 5) is 21.4. The van der Waals surface area contributed by atoms with Crippen LogP contribution < -0.4 is 16.8 Å². The molecule has 8 nitrogen and oxygen atoms in total. The molecular weight excluding hydrogens is 434 g/mol. The zero-order valence-electron chi connectivity index (χ0n) is 16.0. The molecule has 158 valence electrons. The van der Waals surface area contributed by atoms with Crippen molar-refractivity contribution in [3.05, 3.63) is 33.1 Å². The van der Waals surface area contributed by atoms with Gasteiger partial charge in [-0.2, -0.15) is 4.99 Å². The maximum Gasteiger partial charge on any atom is 0.289 e. The number of sulfone groups is 1. The SMILES string of the molecule is CN/C=C\C(N)=NC(=O)c1cc(Cl)c([C@@H]2CS(=O)(=O)C3(CCCCC3)C(N)=N2)s1. The average molecular weight is 458 g/mol. The van der Waals surface area contributed by atoms with Crippen molar-refractivity contribution in [3.63, 3.8) is 0 Å². The third-order valence-electron chi connectivity index (χ3n) is 5.27. The van der Waals surface area contributed by atoms with Crippen LogP contribution in [-0.2, 0) is 9.84 Å². The number of nitrogens with two attached hydrogens (primary N) is 2. The highest BCUT2D eigenvalue weighted by Gasteiger charge is 2.51. The third kappa shape index (κ3) is 4.19. The molecule has 1 aromatic rings. The van der Waals surface area contributed by atoms with Crippen molar-refractivity contribution in [2.45, 2.75) is 42.9 Å². The first kappa shape index (κ1) is 21.8. The second-order valence-corrected chi connectivity index (χ2v) is 11.0. The monoisotopic (exact) mass is 457 g/mol. The van der Waals surface area contributed by atoms with Gasteiger partial charge in [-0.15, -0.1) is 11.3 Å². The number of carbonyl (C=O) groups is 1. The van der Waals surface area contributed by atoms with Gasteiger partial charge in [0.1, 0.15) is 22.5 Å². The van der Waals surface area contributed by atoms with Crippen molar-refractivity contribution in [2.75, 3.05) is 12.8 Å². The molecule has 2 aliphatic rings. The van der Waals surface area contributed by atoms with Crippen LogP contribution in [0.2, 0.25) is 5.02 Å². The smallest absolute Gasteiger partial charge is 0.289 e. The zero-order chi connectivity index (χ0) is 21.2. The lowest BCUT2D eigenvalue weighted by atomic mass is 9.87. The Balaban J connectivity index is 1.91. The van der Waals surface area contributed by atoms with Gasteiger partial charge >= 0.3 is 0 Å². The molecule has 2 heterocycles. The van der Waals surface area contributed by atoms with E-state index in [0.717, 1.165) is 30.6 Å². The van der Waals surface area contributed by atoms with Crippen LogP contribution in [0.3, 0.4) is 0 Å². The highest BCUT2D eigenvalue weighted by atomic mass is 35.5. The summed E-state index contributed by atoms with van der Waals surface area (Å²) in [6, 6.07) is 0.739. The summed E-state index contributed by atoms with van der Waals surface area (Å²) in [7, 11) is -1.81. The minimum absolute atomic E-state index is 0.0390. The molecule has 1 aliphatic carbocycles. The van der Waals surface area contributed by atoms with Gasteiger partial charge in [0.15, 0.2) is 9.84 Å². The maximum absolute atomic E-state index is 13.1. The predicted octanol–water partition coefficient (Wildman–Crippen LogP) is 2.16. The number of halogens is 1.